The summed E-state index contributed by atoms with van der Waals surface area (Å²) in [5.41, 5.74) is 0.928. The van der Waals surface area contributed by atoms with E-state index in [9.17, 15) is 18.4 Å². The van der Waals surface area contributed by atoms with Crippen LogP contribution in [0.2, 0.25) is 0 Å². The Bertz CT molecular complexity index is 1210. The van der Waals surface area contributed by atoms with Crippen molar-refractivity contribution in [3.8, 4) is 5.75 Å². The average molecular weight is 513 g/mol. The van der Waals surface area contributed by atoms with Gasteiger partial charge in [-0.1, -0.05) is 38.1 Å². The van der Waals surface area contributed by atoms with Crippen LogP contribution in [0.3, 0.4) is 0 Å². The maximum Gasteiger partial charge on any atom is 0.257 e. The van der Waals surface area contributed by atoms with Crippen molar-refractivity contribution in [2.24, 2.45) is 5.92 Å². The van der Waals surface area contributed by atoms with Crippen LogP contribution in [0.5, 0.6) is 5.75 Å². The summed E-state index contributed by atoms with van der Waals surface area (Å²) in [6.07, 6.45) is 1.38. The van der Waals surface area contributed by atoms with Crippen molar-refractivity contribution >= 4 is 23.2 Å². The predicted octanol–water partition coefficient (Wildman–Crippen LogP) is 5.72. The number of ether oxygens (including phenoxy) is 1. The van der Waals surface area contributed by atoms with Crippen molar-refractivity contribution < 1.29 is 23.1 Å². The molecule has 4 rings (SSSR count). The number of thiophene rings is 1. The van der Waals surface area contributed by atoms with Gasteiger partial charge in [-0.05, 0) is 60.0 Å². The molecular weight excluding hydrogens is 482 g/mol. The molecule has 0 saturated heterocycles. The number of hydrogen-bond donors (Lipinski definition) is 0. The highest BCUT2D eigenvalue weighted by Gasteiger charge is 2.34. The number of fused-ring (bicyclic) bond motifs is 1. The van der Waals surface area contributed by atoms with Crippen LogP contribution in [-0.4, -0.2) is 47.9 Å². The van der Waals surface area contributed by atoms with Crippen molar-refractivity contribution in [1.29, 1.82) is 0 Å². The molecule has 1 aliphatic rings. The van der Waals surface area contributed by atoms with E-state index in [0.29, 0.717) is 31.8 Å². The van der Waals surface area contributed by atoms with Gasteiger partial charge in [-0.3, -0.25) is 9.59 Å². The Morgan fingerprint density at radius 1 is 1.08 bits per heavy atom. The molecule has 1 aliphatic heterocycles. The summed E-state index contributed by atoms with van der Waals surface area (Å²) < 4.78 is 34.4. The molecule has 190 valence electrons. The zero-order chi connectivity index (χ0) is 25.7. The molecule has 0 spiro atoms. The molecule has 1 unspecified atom stereocenters. The number of carbonyl (C=O) groups excluding carboxylic acids is 2. The third-order valence-corrected chi connectivity index (χ3v) is 7.34. The quantitative estimate of drug-likeness (QED) is 0.369. The van der Waals surface area contributed by atoms with Crippen LogP contribution < -0.4 is 4.74 Å². The van der Waals surface area contributed by atoms with E-state index >= 15 is 0 Å². The second-order valence-corrected chi connectivity index (χ2v) is 10.3. The fraction of sp³-hybridized carbons (Fsp3) is 0.357. The standard InChI is InChI=1S/C28H30F2N2O3S/c1-19(2)11-14-31(28(34)20-7-3-4-8-22(20)29)17-27(33)32-15-12-26-21(13-16-36-26)24(32)18-35-25-10-6-5-9-23(25)30/h3-10,13,16,19,24H,11-12,14-15,17-18H2,1-2H3. The lowest BCUT2D eigenvalue weighted by Gasteiger charge is -2.37. The largest absolute Gasteiger partial charge is 0.488 e. The summed E-state index contributed by atoms with van der Waals surface area (Å²) in [5.74, 6) is -1.40. The third kappa shape index (κ3) is 5.93. The highest BCUT2D eigenvalue weighted by molar-refractivity contribution is 7.10. The van der Waals surface area contributed by atoms with Gasteiger partial charge < -0.3 is 14.5 Å². The molecule has 3 aromatic rings. The van der Waals surface area contributed by atoms with Gasteiger partial charge in [0.1, 0.15) is 19.0 Å². The first-order valence-electron chi connectivity index (χ1n) is 12.1. The molecule has 0 radical (unpaired) electrons. The minimum absolute atomic E-state index is 0.0488. The smallest absolute Gasteiger partial charge is 0.257 e. The van der Waals surface area contributed by atoms with Gasteiger partial charge in [0.2, 0.25) is 5.91 Å². The first kappa shape index (κ1) is 25.8. The fourth-order valence-electron chi connectivity index (χ4n) is 4.33. The zero-order valence-electron chi connectivity index (χ0n) is 20.5. The number of amides is 2. The third-order valence-electron chi connectivity index (χ3n) is 6.34. The van der Waals surface area contributed by atoms with Crippen LogP contribution in [0, 0.1) is 17.6 Å². The maximum absolute atomic E-state index is 14.4. The number of halogens is 2. The molecule has 1 aromatic heterocycles. The van der Waals surface area contributed by atoms with E-state index in [0.717, 1.165) is 5.56 Å². The van der Waals surface area contributed by atoms with Gasteiger partial charge >= 0.3 is 0 Å². The Morgan fingerprint density at radius 3 is 2.53 bits per heavy atom. The Morgan fingerprint density at radius 2 is 1.81 bits per heavy atom. The van der Waals surface area contributed by atoms with E-state index in [1.165, 1.54) is 34.0 Å². The molecule has 0 aliphatic carbocycles. The Labute approximate surface area is 214 Å². The Kier molecular flexibility index (Phi) is 8.36. The molecule has 36 heavy (non-hydrogen) atoms. The number of nitrogens with zero attached hydrogens (tertiary/aromatic N) is 2. The predicted molar refractivity (Wildman–Crippen MR) is 136 cm³/mol. The molecule has 0 N–H and O–H groups in total. The van der Waals surface area contributed by atoms with Gasteiger partial charge in [0.25, 0.3) is 5.91 Å². The van der Waals surface area contributed by atoms with Gasteiger partial charge in [0.15, 0.2) is 11.6 Å². The molecular formula is C28H30F2N2O3S. The van der Waals surface area contributed by atoms with Gasteiger partial charge in [-0.25, -0.2) is 8.78 Å². The van der Waals surface area contributed by atoms with E-state index in [4.69, 9.17) is 4.74 Å². The Hall–Kier alpha value is -3.26. The van der Waals surface area contributed by atoms with E-state index in [1.807, 2.05) is 25.3 Å². The molecule has 1 atom stereocenters. The van der Waals surface area contributed by atoms with Crippen LogP contribution in [0.15, 0.2) is 60.0 Å². The lowest BCUT2D eigenvalue weighted by atomic mass is 10.00. The lowest BCUT2D eigenvalue weighted by molar-refractivity contribution is -0.135. The van der Waals surface area contributed by atoms with E-state index in [2.05, 4.69) is 0 Å². The molecule has 2 aromatic carbocycles. The van der Waals surface area contributed by atoms with Crippen LogP contribution >= 0.6 is 11.3 Å². The minimum Gasteiger partial charge on any atom is -0.488 e. The van der Waals surface area contributed by atoms with E-state index in [-0.39, 0.29) is 30.4 Å². The topological polar surface area (TPSA) is 49.9 Å². The van der Waals surface area contributed by atoms with Crippen molar-refractivity contribution in [1.82, 2.24) is 9.80 Å². The van der Waals surface area contributed by atoms with Crippen molar-refractivity contribution in [3.05, 3.63) is 87.6 Å². The molecule has 0 fully saturated rings. The highest BCUT2D eigenvalue weighted by atomic mass is 32.1. The van der Waals surface area contributed by atoms with Crippen molar-refractivity contribution in [2.45, 2.75) is 32.7 Å². The second kappa shape index (κ2) is 11.6. The summed E-state index contributed by atoms with van der Waals surface area (Å²) >= 11 is 1.62. The number of benzene rings is 2. The lowest BCUT2D eigenvalue weighted by Crippen LogP contribution is -2.48. The normalized spacial score (nSPS) is 15.0. The van der Waals surface area contributed by atoms with Gasteiger partial charge in [-0.15, -0.1) is 11.3 Å². The summed E-state index contributed by atoms with van der Waals surface area (Å²) in [6.45, 7) is 4.78. The fourth-order valence-corrected chi connectivity index (χ4v) is 5.26. The van der Waals surface area contributed by atoms with Gasteiger partial charge in [0, 0.05) is 18.0 Å². The zero-order valence-corrected chi connectivity index (χ0v) is 21.3. The number of hydrogen-bond acceptors (Lipinski definition) is 4. The molecule has 2 heterocycles. The van der Waals surface area contributed by atoms with E-state index < -0.39 is 23.6 Å². The van der Waals surface area contributed by atoms with Gasteiger partial charge in [-0.2, -0.15) is 0 Å². The maximum atomic E-state index is 14.4. The van der Waals surface area contributed by atoms with Gasteiger partial charge in [0.05, 0.1) is 11.6 Å². The molecule has 2 amide bonds. The van der Waals surface area contributed by atoms with Crippen LogP contribution in [0.1, 0.15) is 47.1 Å². The SMILES string of the molecule is CC(C)CCN(CC(=O)N1CCc2sccc2C1COc1ccccc1F)C(=O)c1ccccc1F. The van der Waals surface area contributed by atoms with Crippen LogP contribution in [-0.2, 0) is 11.2 Å². The van der Waals surface area contributed by atoms with Crippen LogP contribution in [0.4, 0.5) is 8.78 Å². The highest BCUT2D eigenvalue weighted by Crippen LogP contribution is 2.34. The Balaban J connectivity index is 1.55. The summed E-state index contributed by atoms with van der Waals surface area (Å²) in [4.78, 5) is 31.1. The van der Waals surface area contributed by atoms with E-state index in [1.54, 1.807) is 40.5 Å². The average Bonchev–Trinajstić information content (AvgIpc) is 3.35. The van der Waals surface area contributed by atoms with Crippen molar-refractivity contribution in [2.75, 3.05) is 26.2 Å². The molecule has 5 nitrogen and oxygen atoms in total. The summed E-state index contributed by atoms with van der Waals surface area (Å²) in [6, 6.07) is 13.5. The molecule has 0 saturated carbocycles. The van der Waals surface area contributed by atoms with Crippen LogP contribution in [0.25, 0.3) is 0 Å². The number of para-hydroxylation sites is 1. The first-order valence-corrected chi connectivity index (χ1v) is 13.0. The minimum atomic E-state index is -0.610. The summed E-state index contributed by atoms with van der Waals surface area (Å²) in [5, 5.41) is 1.98. The molecule has 0 bridgehead atoms. The monoisotopic (exact) mass is 512 g/mol. The summed E-state index contributed by atoms with van der Waals surface area (Å²) in [7, 11) is 0. The number of rotatable bonds is 9. The second-order valence-electron chi connectivity index (χ2n) is 9.28. The number of carbonyl (C=O) groups is 2. The van der Waals surface area contributed by atoms with Crippen molar-refractivity contribution in [3.63, 3.8) is 0 Å². The molecule has 8 heteroatoms. The first-order chi connectivity index (χ1) is 17.3.